The van der Waals surface area contributed by atoms with Crippen molar-refractivity contribution in [2.24, 2.45) is 0 Å². The highest BCUT2D eigenvalue weighted by atomic mass is 19.1. The second-order valence-corrected chi connectivity index (χ2v) is 5.39. The van der Waals surface area contributed by atoms with E-state index in [-0.39, 0.29) is 24.6 Å². The van der Waals surface area contributed by atoms with Gasteiger partial charge in [0.25, 0.3) is 0 Å². The Morgan fingerprint density at radius 1 is 1.48 bits per heavy atom. The standard InChI is InChI=1S/C18H23FO4/c1-3-6-17(23-12-13-11-22-13)15-7-5-8-16(19)14(15)9-10-18(20)21-4-2/h5,7-10,13,17H,3-4,6,11-12H2,1-2H3/b10-9+/t13-,17-/m1/s1. The number of epoxide rings is 1. The fourth-order valence-electron chi connectivity index (χ4n) is 2.33. The summed E-state index contributed by atoms with van der Waals surface area (Å²) in [5, 5.41) is 0. The lowest BCUT2D eigenvalue weighted by atomic mass is 9.98. The molecule has 4 nitrogen and oxygen atoms in total. The molecule has 2 rings (SSSR count). The fraction of sp³-hybridized carbons (Fsp3) is 0.500. The van der Waals surface area contributed by atoms with Crippen molar-refractivity contribution in [2.45, 2.75) is 38.9 Å². The van der Waals surface area contributed by atoms with E-state index in [0.29, 0.717) is 12.2 Å². The number of carbonyl (C=O) groups is 1. The van der Waals surface area contributed by atoms with Gasteiger partial charge in [-0.3, -0.25) is 0 Å². The topological polar surface area (TPSA) is 48.1 Å². The number of hydrogen-bond donors (Lipinski definition) is 0. The van der Waals surface area contributed by atoms with Crippen molar-refractivity contribution in [1.29, 1.82) is 0 Å². The van der Waals surface area contributed by atoms with Gasteiger partial charge in [-0.25, -0.2) is 9.18 Å². The van der Waals surface area contributed by atoms with E-state index in [9.17, 15) is 9.18 Å². The first-order chi connectivity index (χ1) is 11.2. The van der Waals surface area contributed by atoms with Crippen molar-refractivity contribution in [3.8, 4) is 0 Å². The molecule has 0 saturated carbocycles. The molecule has 1 aromatic rings. The minimum absolute atomic E-state index is 0.154. The van der Waals surface area contributed by atoms with Gasteiger partial charge in [-0.2, -0.15) is 0 Å². The number of ether oxygens (including phenoxy) is 3. The summed E-state index contributed by atoms with van der Waals surface area (Å²) in [5.74, 6) is -0.864. The number of esters is 1. The molecule has 0 unspecified atom stereocenters. The third kappa shape index (κ3) is 5.44. The molecule has 1 aliphatic rings. The molecule has 0 aromatic heterocycles. The molecule has 0 bridgehead atoms. The van der Waals surface area contributed by atoms with Gasteiger partial charge in [0.15, 0.2) is 0 Å². The van der Waals surface area contributed by atoms with Crippen LogP contribution in [-0.4, -0.2) is 31.9 Å². The Kier molecular flexibility index (Phi) is 6.74. The van der Waals surface area contributed by atoms with Gasteiger partial charge in [0.2, 0.25) is 0 Å². The lowest BCUT2D eigenvalue weighted by Crippen LogP contribution is -2.11. The minimum Gasteiger partial charge on any atom is -0.463 e. The maximum absolute atomic E-state index is 14.2. The second-order valence-electron chi connectivity index (χ2n) is 5.39. The largest absolute Gasteiger partial charge is 0.463 e. The predicted octanol–water partition coefficient (Wildman–Crippen LogP) is 3.66. The molecule has 126 valence electrons. The highest BCUT2D eigenvalue weighted by molar-refractivity contribution is 5.87. The zero-order valence-electron chi connectivity index (χ0n) is 13.6. The molecule has 0 amide bonds. The van der Waals surface area contributed by atoms with Crippen LogP contribution in [0.15, 0.2) is 24.3 Å². The highest BCUT2D eigenvalue weighted by Crippen LogP contribution is 2.29. The van der Waals surface area contributed by atoms with E-state index in [4.69, 9.17) is 14.2 Å². The molecule has 1 fully saturated rings. The van der Waals surface area contributed by atoms with Crippen LogP contribution in [0.5, 0.6) is 0 Å². The summed E-state index contributed by atoms with van der Waals surface area (Å²) in [6.07, 6.45) is 4.33. The zero-order chi connectivity index (χ0) is 16.7. The van der Waals surface area contributed by atoms with Gasteiger partial charge in [-0.05, 0) is 31.1 Å². The summed E-state index contributed by atoms with van der Waals surface area (Å²) in [5.41, 5.74) is 1.11. The summed E-state index contributed by atoms with van der Waals surface area (Å²) < 4.78 is 30.1. The molecule has 5 heteroatoms. The lowest BCUT2D eigenvalue weighted by Gasteiger charge is -2.20. The van der Waals surface area contributed by atoms with Gasteiger partial charge in [0.1, 0.15) is 11.9 Å². The van der Waals surface area contributed by atoms with Crippen LogP contribution in [0.3, 0.4) is 0 Å². The molecule has 2 atom stereocenters. The average Bonchev–Trinajstić information content (AvgIpc) is 3.34. The van der Waals surface area contributed by atoms with Crippen molar-refractivity contribution in [3.63, 3.8) is 0 Å². The highest BCUT2D eigenvalue weighted by Gasteiger charge is 2.25. The number of halogens is 1. The summed E-state index contributed by atoms with van der Waals surface area (Å²) in [7, 11) is 0. The Morgan fingerprint density at radius 2 is 2.26 bits per heavy atom. The smallest absolute Gasteiger partial charge is 0.330 e. The van der Waals surface area contributed by atoms with Gasteiger partial charge in [0, 0.05) is 11.6 Å². The molecule has 1 aliphatic heterocycles. The van der Waals surface area contributed by atoms with E-state index < -0.39 is 5.97 Å². The monoisotopic (exact) mass is 322 g/mol. The maximum Gasteiger partial charge on any atom is 0.330 e. The van der Waals surface area contributed by atoms with Gasteiger partial charge >= 0.3 is 5.97 Å². The van der Waals surface area contributed by atoms with E-state index in [1.807, 2.05) is 6.07 Å². The number of hydrogen-bond acceptors (Lipinski definition) is 4. The second kappa shape index (κ2) is 8.79. The molecule has 0 N–H and O–H groups in total. The molecular weight excluding hydrogens is 299 g/mol. The van der Waals surface area contributed by atoms with Crippen LogP contribution in [0.4, 0.5) is 4.39 Å². The number of carbonyl (C=O) groups excluding carboxylic acids is 1. The first kappa shape index (κ1) is 17.6. The van der Waals surface area contributed by atoms with E-state index in [0.717, 1.165) is 25.0 Å². The van der Waals surface area contributed by atoms with Crippen LogP contribution in [0, 0.1) is 5.82 Å². The van der Waals surface area contributed by atoms with Gasteiger partial charge in [0.05, 0.1) is 25.9 Å². The molecule has 0 radical (unpaired) electrons. The third-order valence-corrected chi connectivity index (χ3v) is 3.54. The molecular formula is C18H23FO4. The molecule has 1 aromatic carbocycles. The number of benzene rings is 1. The van der Waals surface area contributed by atoms with Crippen molar-refractivity contribution < 1.29 is 23.4 Å². The maximum atomic E-state index is 14.2. The first-order valence-electron chi connectivity index (χ1n) is 8.02. The Balaban J connectivity index is 2.20. The Labute approximate surface area is 136 Å². The quantitative estimate of drug-likeness (QED) is 0.395. The van der Waals surface area contributed by atoms with Crippen molar-refractivity contribution in [3.05, 3.63) is 41.2 Å². The van der Waals surface area contributed by atoms with Crippen molar-refractivity contribution in [1.82, 2.24) is 0 Å². The third-order valence-electron chi connectivity index (χ3n) is 3.54. The average molecular weight is 322 g/mol. The summed E-state index contributed by atoms with van der Waals surface area (Å²) in [6.45, 7) is 5.29. The first-order valence-corrected chi connectivity index (χ1v) is 8.02. The summed E-state index contributed by atoms with van der Waals surface area (Å²) in [4.78, 5) is 11.5. The van der Waals surface area contributed by atoms with Crippen LogP contribution in [0.2, 0.25) is 0 Å². The van der Waals surface area contributed by atoms with E-state index >= 15 is 0 Å². The Bertz CT molecular complexity index is 552. The van der Waals surface area contributed by atoms with Gasteiger partial charge in [-0.1, -0.05) is 25.5 Å². The van der Waals surface area contributed by atoms with Crippen LogP contribution < -0.4 is 0 Å². The summed E-state index contributed by atoms with van der Waals surface area (Å²) in [6, 6.07) is 4.87. The van der Waals surface area contributed by atoms with E-state index in [1.165, 1.54) is 18.2 Å². The van der Waals surface area contributed by atoms with Crippen molar-refractivity contribution >= 4 is 12.0 Å². The zero-order valence-corrected chi connectivity index (χ0v) is 13.6. The SMILES string of the molecule is CCC[C@@H](OC[C@H]1CO1)c1cccc(F)c1/C=C/C(=O)OCC. The Morgan fingerprint density at radius 3 is 2.91 bits per heavy atom. The minimum atomic E-state index is -0.485. The van der Waals surface area contributed by atoms with E-state index in [2.05, 4.69) is 6.92 Å². The van der Waals surface area contributed by atoms with E-state index in [1.54, 1.807) is 13.0 Å². The normalized spacial score (nSPS) is 18.1. The summed E-state index contributed by atoms with van der Waals surface area (Å²) >= 11 is 0. The molecule has 0 spiro atoms. The molecule has 0 aliphatic carbocycles. The molecule has 23 heavy (non-hydrogen) atoms. The lowest BCUT2D eigenvalue weighted by molar-refractivity contribution is -0.137. The van der Waals surface area contributed by atoms with Gasteiger partial charge < -0.3 is 14.2 Å². The fourth-order valence-corrected chi connectivity index (χ4v) is 2.33. The van der Waals surface area contributed by atoms with Gasteiger partial charge in [-0.15, -0.1) is 0 Å². The molecule has 1 saturated heterocycles. The van der Waals surface area contributed by atoms with Crippen LogP contribution in [0.1, 0.15) is 43.9 Å². The molecule has 1 heterocycles. The van der Waals surface area contributed by atoms with Crippen LogP contribution >= 0.6 is 0 Å². The van der Waals surface area contributed by atoms with Crippen molar-refractivity contribution in [2.75, 3.05) is 19.8 Å². The predicted molar refractivity (Wildman–Crippen MR) is 85.4 cm³/mol. The van der Waals surface area contributed by atoms with Crippen LogP contribution in [0.25, 0.3) is 6.08 Å². The Hall–Kier alpha value is -1.72. The number of rotatable bonds is 9. The van der Waals surface area contributed by atoms with Crippen LogP contribution in [-0.2, 0) is 19.0 Å².